The van der Waals surface area contributed by atoms with Crippen LogP contribution < -0.4 is 4.90 Å². The quantitative estimate of drug-likeness (QED) is 0.814. The second-order valence-electron chi connectivity index (χ2n) is 4.40. The molecule has 18 heavy (non-hydrogen) atoms. The lowest BCUT2D eigenvalue weighted by Crippen LogP contribution is -2.40. The normalized spacial score (nSPS) is 17.7. The highest BCUT2D eigenvalue weighted by molar-refractivity contribution is 7.89. The summed E-state index contributed by atoms with van der Waals surface area (Å²) in [4.78, 5) is 2.28. The number of ether oxygens (including phenoxy) is 1. The minimum atomic E-state index is -3.37. The fraction of sp³-hybridized carbons (Fsp3) is 0.500. The van der Waals surface area contributed by atoms with E-state index in [2.05, 4.69) is 0 Å². The van der Waals surface area contributed by atoms with Crippen LogP contribution in [-0.2, 0) is 14.8 Å². The Hall–Kier alpha value is -1.11. The summed E-state index contributed by atoms with van der Waals surface area (Å²) in [7, 11) is 0.475. The van der Waals surface area contributed by atoms with Crippen molar-refractivity contribution in [2.45, 2.75) is 4.90 Å². The van der Waals surface area contributed by atoms with Crippen LogP contribution in [0.4, 0.5) is 5.69 Å². The number of anilines is 1. The van der Waals surface area contributed by atoms with Crippen molar-refractivity contribution in [3.8, 4) is 0 Å². The molecule has 1 aliphatic heterocycles. The smallest absolute Gasteiger partial charge is 0.243 e. The minimum Gasteiger partial charge on any atom is -0.379 e. The summed E-state index contributed by atoms with van der Waals surface area (Å²) >= 11 is 0. The average molecular weight is 270 g/mol. The molecule has 2 rings (SSSR count). The lowest BCUT2D eigenvalue weighted by atomic mass is 10.3. The summed E-state index contributed by atoms with van der Waals surface area (Å²) in [5.74, 6) is 0. The van der Waals surface area contributed by atoms with Crippen LogP contribution in [0.25, 0.3) is 0 Å². The molecular weight excluding hydrogens is 252 g/mol. The molecule has 1 aromatic rings. The first-order chi connectivity index (χ1) is 8.51. The van der Waals surface area contributed by atoms with E-state index in [1.807, 2.05) is 31.1 Å². The molecule has 0 N–H and O–H groups in total. The lowest BCUT2D eigenvalue weighted by Gasteiger charge is -2.26. The van der Waals surface area contributed by atoms with Crippen LogP contribution in [0.1, 0.15) is 0 Å². The zero-order valence-electron chi connectivity index (χ0n) is 10.7. The van der Waals surface area contributed by atoms with E-state index in [9.17, 15) is 8.42 Å². The summed E-state index contributed by atoms with van der Waals surface area (Å²) in [6, 6.07) is 6.93. The van der Waals surface area contributed by atoms with Crippen molar-refractivity contribution in [1.29, 1.82) is 0 Å². The van der Waals surface area contributed by atoms with Gasteiger partial charge < -0.3 is 9.64 Å². The van der Waals surface area contributed by atoms with Crippen LogP contribution >= 0.6 is 0 Å². The predicted octanol–water partition coefficient (Wildman–Crippen LogP) is 0.773. The zero-order valence-corrected chi connectivity index (χ0v) is 11.5. The molecule has 5 nitrogen and oxygen atoms in total. The second kappa shape index (κ2) is 5.26. The van der Waals surface area contributed by atoms with E-state index >= 15 is 0 Å². The van der Waals surface area contributed by atoms with Crippen molar-refractivity contribution >= 4 is 15.7 Å². The van der Waals surface area contributed by atoms with Gasteiger partial charge in [-0.15, -0.1) is 0 Å². The minimum absolute atomic E-state index is 0.343. The number of hydrogen-bond donors (Lipinski definition) is 0. The molecule has 0 aromatic heterocycles. The highest BCUT2D eigenvalue weighted by Crippen LogP contribution is 2.20. The van der Waals surface area contributed by atoms with Crippen LogP contribution in [0, 0.1) is 0 Å². The number of hydrogen-bond acceptors (Lipinski definition) is 4. The Bertz CT molecular complexity index is 491. The van der Waals surface area contributed by atoms with E-state index in [-0.39, 0.29) is 0 Å². The van der Waals surface area contributed by atoms with Gasteiger partial charge in [0.15, 0.2) is 0 Å². The number of sulfonamides is 1. The van der Waals surface area contributed by atoms with Crippen molar-refractivity contribution < 1.29 is 13.2 Å². The SMILES string of the molecule is CN(C)c1ccc(S(=O)(=O)N2CCOCC2)cc1. The number of morpholine rings is 1. The first kappa shape index (κ1) is 13.3. The van der Waals surface area contributed by atoms with Gasteiger partial charge in [0.05, 0.1) is 18.1 Å². The maximum absolute atomic E-state index is 12.3. The van der Waals surface area contributed by atoms with Crippen LogP contribution in [0.2, 0.25) is 0 Å². The Labute approximate surface area is 108 Å². The third kappa shape index (κ3) is 2.66. The molecule has 1 heterocycles. The lowest BCUT2D eigenvalue weighted by molar-refractivity contribution is 0.0730. The third-order valence-corrected chi connectivity index (χ3v) is 4.87. The van der Waals surface area contributed by atoms with E-state index in [4.69, 9.17) is 4.74 Å². The first-order valence-electron chi connectivity index (χ1n) is 5.87. The van der Waals surface area contributed by atoms with Gasteiger partial charge in [-0.3, -0.25) is 0 Å². The van der Waals surface area contributed by atoms with Gasteiger partial charge in [0.25, 0.3) is 0 Å². The van der Waals surface area contributed by atoms with Crippen molar-refractivity contribution in [1.82, 2.24) is 4.31 Å². The van der Waals surface area contributed by atoms with E-state index in [0.29, 0.717) is 31.2 Å². The van der Waals surface area contributed by atoms with Gasteiger partial charge in [-0.05, 0) is 24.3 Å². The summed E-state index contributed by atoms with van der Waals surface area (Å²) in [5, 5.41) is 0. The van der Waals surface area contributed by atoms with Crippen molar-refractivity contribution in [2.75, 3.05) is 45.3 Å². The third-order valence-electron chi connectivity index (χ3n) is 2.96. The molecule has 0 atom stereocenters. The van der Waals surface area contributed by atoms with E-state index < -0.39 is 10.0 Å². The topological polar surface area (TPSA) is 49.9 Å². The number of nitrogens with zero attached hydrogens (tertiary/aromatic N) is 2. The Morgan fingerprint density at radius 1 is 1.11 bits per heavy atom. The Morgan fingerprint density at radius 3 is 2.17 bits per heavy atom. The summed E-state index contributed by atoms with van der Waals surface area (Å²) in [6.07, 6.45) is 0. The van der Waals surface area contributed by atoms with Gasteiger partial charge in [0, 0.05) is 32.9 Å². The van der Waals surface area contributed by atoms with Gasteiger partial charge in [-0.2, -0.15) is 4.31 Å². The summed E-state index contributed by atoms with van der Waals surface area (Å²) in [5.41, 5.74) is 0.982. The molecule has 0 unspecified atom stereocenters. The number of rotatable bonds is 3. The van der Waals surface area contributed by atoms with Gasteiger partial charge in [-0.1, -0.05) is 0 Å². The van der Waals surface area contributed by atoms with Gasteiger partial charge in [0.2, 0.25) is 10.0 Å². The molecule has 0 aliphatic carbocycles. The molecule has 0 radical (unpaired) electrons. The van der Waals surface area contributed by atoms with E-state index in [1.54, 1.807) is 12.1 Å². The Kier molecular flexibility index (Phi) is 3.89. The molecule has 0 spiro atoms. The van der Waals surface area contributed by atoms with Crippen LogP contribution in [-0.4, -0.2) is 53.1 Å². The fourth-order valence-corrected chi connectivity index (χ4v) is 3.26. The molecule has 100 valence electrons. The van der Waals surface area contributed by atoms with Crippen molar-refractivity contribution in [2.24, 2.45) is 0 Å². The highest BCUT2D eigenvalue weighted by Gasteiger charge is 2.25. The summed E-state index contributed by atoms with van der Waals surface area (Å²) < 4.78 is 31.3. The van der Waals surface area contributed by atoms with Gasteiger partial charge in [0.1, 0.15) is 0 Å². The molecule has 0 saturated carbocycles. The maximum atomic E-state index is 12.3. The molecule has 1 aliphatic rings. The average Bonchev–Trinajstić information content (AvgIpc) is 2.40. The molecule has 0 amide bonds. The van der Waals surface area contributed by atoms with Crippen LogP contribution in [0.3, 0.4) is 0 Å². The van der Waals surface area contributed by atoms with E-state index in [1.165, 1.54) is 4.31 Å². The predicted molar refractivity (Wildman–Crippen MR) is 70.3 cm³/mol. The van der Waals surface area contributed by atoms with Crippen molar-refractivity contribution in [3.05, 3.63) is 24.3 Å². The zero-order chi connectivity index (χ0) is 13.2. The van der Waals surface area contributed by atoms with Crippen LogP contribution in [0.5, 0.6) is 0 Å². The largest absolute Gasteiger partial charge is 0.379 e. The Balaban J connectivity index is 2.23. The van der Waals surface area contributed by atoms with Crippen molar-refractivity contribution in [3.63, 3.8) is 0 Å². The second-order valence-corrected chi connectivity index (χ2v) is 6.34. The molecule has 1 aromatic carbocycles. The van der Waals surface area contributed by atoms with Crippen LogP contribution in [0.15, 0.2) is 29.2 Å². The molecular formula is C12H18N2O3S. The number of benzene rings is 1. The Morgan fingerprint density at radius 2 is 1.67 bits per heavy atom. The van der Waals surface area contributed by atoms with E-state index in [0.717, 1.165) is 5.69 Å². The molecule has 6 heteroatoms. The maximum Gasteiger partial charge on any atom is 0.243 e. The van der Waals surface area contributed by atoms with Gasteiger partial charge in [-0.25, -0.2) is 8.42 Å². The monoisotopic (exact) mass is 270 g/mol. The molecule has 0 bridgehead atoms. The molecule has 1 saturated heterocycles. The fourth-order valence-electron chi connectivity index (χ4n) is 1.85. The molecule has 1 fully saturated rings. The van der Waals surface area contributed by atoms with Gasteiger partial charge >= 0.3 is 0 Å². The standard InChI is InChI=1S/C12H18N2O3S/c1-13(2)11-3-5-12(6-4-11)18(15,16)14-7-9-17-10-8-14/h3-6H,7-10H2,1-2H3. The highest BCUT2D eigenvalue weighted by atomic mass is 32.2. The first-order valence-corrected chi connectivity index (χ1v) is 7.31. The summed E-state index contributed by atoms with van der Waals surface area (Å²) in [6.45, 7) is 1.79.